The molecule has 30 heavy (non-hydrogen) atoms. The highest BCUT2D eigenvalue weighted by Gasteiger charge is 2.14. The Hall–Kier alpha value is -3.03. The third-order valence-electron chi connectivity index (χ3n) is 5.31. The lowest BCUT2D eigenvalue weighted by Gasteiger charge is -2.10. The van der Waals surface area contributed by atoms with Gasteiger partial charge >= 0.3 is 0 Å². The van der Waals surface area contributed by atoms with Gasteiger partial charge in [0.1, 0.15) is 0 Å². The van der Waals surface area contributed by atoms with E-state index >= 15 is 0 Å². The average Bonchev–Trinajstić information content (AvgIpc) is 3.28. The Morgan fingerprint density at radius 3 is 2.83 bits per heavy atom. The molecule has 0 bridgehead atoms. The van der Waals surface area contributed by atoms with Crippen LogP contribution >= 0.6 is 0 Å². The van der Waals surface area contributed by atoms with Gasteiger partial charge < -0.3 is 15.4 Å². The molecule has 3 aromatic rings. The van der Waals surface area contributed by atoms with Gasteiger partial charge in [0, 0.05) is 35.7 Å². The molecule has 1 aromatic heterocycles. The number of ether oxygens (including phenoxy) is 1. The lowest BCUT2D eigenvalue weighted by Crippen LogP contribution is -2.30. The Morgan fingerprint density at radius 2 is 2.00 bits per heavy atom. The predicted molar refractivity (Wildman–Crippen MR) is 118 cm³/mol. The Morgan fingerprint density at radius 1 is 1.13 bits per heavy atom. The number of carbonyl (C=O) groups excluding carboxylic acids is 1. The first-order valence-corrected chi connectivity index (χ1v) is 10.4. The third-order valence-corrected chi connectivity index (χ3v) is 5.31. The molecule has 1 amide bonds. The van der Waals surface area contributed by atoms with Gasteiger partial charge in [-0.25, -0.2) is 5.10 Å². The summed E-state index contributed by atoms with van der Waals surface area (Å²) in [5.74, 6) is -0.00404. The summed E-state index contributed by atoms with van der Waals surface area (Å²) in [6.07, 6.45) is 3.33. The van der Waals surface area contributed by atoms with Crippen LogP contribution in [0.1, 0.15) is 25.7 Å². The molecule has 0 spiro atoms. The summed E-state index contributed by atoms with van der Waals surface area (Å²) < 4.78 is 5.34. The number of hydrogen-bond acceptors (Lipinski definition) is 5. The maximum absolute atomic E-state index is 12.3. The van der Waals surface area contributed by atoms with E-state index in [4.69, 9.17) is 4.74 Å². The Bertz CT molecular complexity index is 1070. The number of H-pyrrole nitrogens is 1. The first-order valence-electron chi connectivity index (χ1n) is 10.4. The number of carbonyl (C=O) groups is 1. The van der Waals surface area contributed by atoms with Gasteiger partial charge in [-0.1, -0.05) is 30.3 Å². The molecule has 1 aliphatic rings. The van der Waals surface area contributed by atoms with Crippen molar-refractivity contribution in [2.24, 2.45) is 0 Å². The van der Waals surface area contributed by atoms with E-state index in [1.165, 1.54) is 0 Å². The van der Waals surface area contributed by atoms with Crippen molar-refractivity contribution in [3.05, 3.63) is 58.9 Å². The molecule has 1 aliphatic heterocycles. The van der Waals surface area contributed by atoms with Crippen molar-refractivity contribution in [3.8, 4) is 11.3 Å². The first kappa shape index (κ1) is 20.3. The number of anilines is 1. The second-order valence-corrected chi connectivity index (χ2v) is 7.55. The second kappa shape index (κ2) is 9.65. The smallest absolute Gasteiger partial charge is 0.272 e. The summed E-state index contributed by atoms with van der Waals surface area (Å²) in [7, 11) is 0. The highest BCUT2D eigenvalue weighted by molar-refractivity contribution is 5.95. The van der Waals surface area contributed by atoms with Crippen LogP contribution in [-0.2, 0) is 9.53 Å². The van der Waals surface area contributed by atoms with E-state index in [2.05, 4.69) is 20.8 Å². The number of fused-ring (bicyclic) bond motifs is 1. The molecule has 2 aromatic carbocycles. The number of aromatic nitrogens is 2. The second-order valence-electron chi connectivity index (χ2n) is 7.55. The zero-order valence-electron chi connectivity index (χ0n) is 16.8. The number of hydrogen-bond donors (Lipinski definition) is 3. The molecule has 0 saturated carbocycles. The molecule has 4 rings (SSSR count). The maximum atomic E-state index is 12.3. The van der Waals surface area contributed by atoms with E-state index in [0.717, 1.165) is 55.7 Å². The van der Waals surface area contributed by atoms with Crippen molar-refractivity contribution in [3.63, 3.8) is 0 Å². The Labute approximate surface area is 174 Å². The minimum atomic E-state index is -0.214. The molecule has 1 atom stereocenters. The van der Waals surface area contributed by atoms with Crippen LogP contribution in [0.5, 0.6) is 0 Å². The molecule has 3 N–H and O–H groups in total. The molecule has 2 heterocycles. The minimum absolute atomic E-state index is 0.00404. The minimum Gasteiger partial charge on any atom is -0.380 e. The summed E-state index contributed by atoms with van der Waals surface area (Å²) in [6, 6.07) is 15.4. The molecule has 0 aliphatic carbocycles. The Kier molecular flexibility index (Phi) is 6.51. The zero-order chi connectivity index (χ0) is 20.8. The van der Waals surface area contributed by atoms with Crippen LogP contribution in [0.3, 0.4) is 0 Å². The standard InChI is InChI=1S/C23H26N4O3/c28-21(10-3-4-12-24-18-11-13-30-15-18)25-17-7-5-6-16(14-17)22-19-8-1-2-9-20(19)23(29)27-26-22/h1-2,5-9,14,18,24H,3-4,10-13,15H2,(H,25,28)(H,27,29). The highest BCUT2D eigenvalue weighted by atomic mass is 16.5. The van der Waals surface area contributed by atoms with Gasteiger partial charge in [0.2, 0.25) is 5.91 Å². The SMILES string of the molecule is O=C(CCCCNC1CCOC1)Nc1cccc(-c2n[nH]c(=O)c3ccccc23)c1. The van der Waals surface area contributed by atoms with Gasteiger partial charge in [-0.3, -0.25) is 9.59 Å². The van der Waals surface area contributed by atoms with E-state index in [0.29, 0.717) is 23.5 Å². The van der Waals surface area contributed by atoms with E-state index in [1.807, 2.05) is 42.5 Å². The monoisotopic (exact) mass is 406 g/mol. The van der Waals surface area contributed by atoms with Crippen LogP contribution in [-0.4, -0.2) is 41.9 Å². The summed E-state index contributed by atoms with van der Waals surface area (Å²) in [4.78, 5) is 24.3. The van der Waals surface area contributed by atoms with Gasteiger partial charge in [0.15, 0.2) is 0 Å². The maximum Gasteiger partial charge on any atom is 0.272 e. The topological polar surface area (TPSA) is 96.1 Å². The van der Waals surface area contributed by atoms with Gasteiger partial charge in [0.05, 0.1) is 17.7 Å². The summed E-state index contributed by atoms with van der Waals surface area (Å²) >= 11 is 0. The molecule has 0 radical (unpaired) electrons. The molecular formula is C23H26N4O3. The van der Waals surface area contributed by atoms with Gasteiger partial charge in [-0.05, 0) is 44.0 Å². The van der Waals surface area contributed by atoms with Crippen LogP contribution in [0.4, 0.5) is 5.69 Å². The molecule has 1 unspecified atom stereocenters. The molecule has 7 nitrogen and oxygen atoms in total. The summed E-state index contributed by atoms with van der Waals surface area (Å²) in [6.45, 7) is 2.53. The molecular weight excluding hydrogens is 380 g/mol. The highest BCUT2D eigenvalue weighted by Crippen LogP contribution is 2.26. The average molecular weight is 406 g/mol. The van der Waals surface area contributed by atoms with E-state index in [9.17, 15) is 9.59 Å². The van der Waals surface area contributed by atoms with Crippen molar-refractivity contribution in [1.82, 2.24) is 15.5 Å². The van der Waals surface area contributed by atoms with Crippen LogP contribution < -0.4 is 16.2 Å². The summed E-state index contributed by atoms with van der Waals surface area (Å²) in [5, 5.41) is 14.6. The van der Waals surface area contributed by atoms with Crippen LogP contribution in [0, 0.1) is 0 Å². The third kappa shape index (κ3) is 4.93. The van der Waals surface area contributed by atoms with E-state index in [-0.39, 0.29) is 11.5 Å². The van der Waals surface area contributed by atoms with Crippen LogP contribution in [0.15, 0.2) is 53.3 Å². The quantitative estimate of drug-likeness (QED) is 0.500. The Balaban J connectivity index is 1.35. The van der Waals surface area contributed by atoms with Crippen molar-refractivity contribution in [1.29, 1.82) is 0 Å². The number of benzene rings is 2. The lowest BCUT2D eigenvalue weighted by atomic mass is 10.0. The number of aromatic amines is 1. The van der Waals surface area contributed by atoms with Crippen molar-refractivity contribution >= 4 is 22.4 Å². The molecule has 7 heteroatoms. The fraction of sp³-hybridized carbons (Fsp3) is 0.348. The fourth-order valence-corrected chi connectivity index (χ4v) is 3.71. The number of nitrogens with zero attached hydrogens (tertiary/aromatic N) is 1. The van der Waals surface area contributed by atoms with Crippen LogP contribution in [0.25, 0.3) is 22.0 Å². The predicted octanol–water partition coefficient (Wildman–Crippen LogP) is 3.08. The normalized spacial score (nSPS) is 16.1. The molecule has 1 saturated heterocycles. The van der Waals surface area contributed by atoms with Crippen LogP contribution in [0.2, 0.25) is 0 Å². The van der Waals surface area contributed by atoms with Gasteiger partial charge in [-0.15, -0.1) is 0 Å². The molecule has 1 fully saturated rings. The summed E-state index contributed by atoms with van der Waals surface area (Å²) in [5.41, 5.74) is 2.02. The number of amides is 1. The lowest BCUT2D eigenvalue weighted by molar-refractivity contribution is -0.116. The van der Waals surface area contributed by atoms with Crippen molar-refractivity contribution < 1.29 is 9.53 Å². The van der Waals surface area contributed by atoms with Crippen molar-refractivity contribution in [2.75, 3.05) is 25.1 Å². The van der Waals surface area contributed by atoms with Crippen molar-refractivity contribution in [2.45, 2.75) is 31.7 Å². The van der Waals surface area contributed by atoms with Gasteiger partial charge in [-0.2, -0.15) is 5.10 Å². The van der Waals surface area contributed by atoms with E-state index < -0.39 is 0 Å². The largest absolute Gasteiger partial charge is 0.380 e. The molecule has 156 valence electrons. The fourth-order valence-electron chi connectivity index (χ4n) is 3.71. The number of unbranched alkanes of at least 4 members (excludes halogenated alkanes) is 1. The number of nitrogens with one attached hydrogen (secondary N) is 3. The van der Waals surface area contributed by atoms with E-state index in [1.54, 1.807) is 6.07 Å². The first-order chi connectivity index (χ1) is 14.7. The zero-order valence-corrected chi connectivity index (χ0v) is 16.8. The number of rotatable bonds is 8. The van der Waals surface area contributed by atoms with Gasteiger partial charge in [0.25, 0.3) is 5.56 Å².